The molecule has 0 unspecified atom stereocenters. The van der Waals surface area contributed by atoms with E-state index in [9.17, 15) is 4.39 Å². The van der Waals surface area contributed by atoms with E-state index in [4.69, 9.17) is 10.5 Å². The summed E-state index contributed by atoms with van der Waals surface area (Å²) in [6.45, 7) is 0.395. The number of rotatable bonds is 4. The fourth-order valence-corrected chi connectivity index (χ4v) is 1.64. The van der Waals surface area contributed by atoms with Crippen LogP contribution < -0.4 is 10.5 Å². The average molecular weight is 231 g/mol. The van der Waals surface area contributed by atoms with Gasteiger partial charge in [-0.05, 0) is 37.2 Å². The minimum atomic E-state index is -0.274. The van der Waals surface area contributed by atoms with Gasteiger partial charge in [0.15, 0.2) is 0 Å². The van der Waals surface area contributed by atoms with E-state index in [1.807, 2.05) is 30.3 Å². The van der Waals surface area contributed by atoms with Crippen molar-refractivity contribution in [1.29, 1.82) is 0 Å². The molecule has 0 saturated heterocycles. The van der Waals surface area contributed by atoms with Gasteiger partial charge in [-0.15, -0.1) is 0 Å². The highest BCUT2D eigenvalue weighted by Crippen LogP contribution is 2.27. The van der Waals surface area contributed by atoms with Crippen LogP contribution in [-0.2, 0) is 6.42 Å². The lowest BCUT2D eigenvalue weighted by Gasteiger charge is -2.11. The summed E-state index contributed by atoms with van der Waals surface area (Å²) in [5.41, 5.74) is 6.00. The fraction of sp³-hybridized carbons (Fsp3) is 0.143. The zero-order valence-electron chi connectivity index (χ0n) is 9.40. The smallest absolute Gasteiger partial charge is 0.133 e. The van der Waals surface area contributed by atoms with E-state index in [1.165, 1.54) is 6.07 Å². The SMILES string of the molecule is NCCc1c(F)cccc1Oc1ccccc1. The summed E-state index contributed by atoms with van der Waals surface area (Å²) in [7, 11) is 0. The van der Waals surface area contributed by atoms with Gasteiger partial charge in [0, 0.05) is 5.56 Å². The number of hydrogen-bond donors (Lipinski definition) is 1. The van der Waals surface area contributed by atoms with Crippen LogP contribution in [0.2, 0.25) is 0 Å². The molecule has 88 valence electrons. The highest BCUT2D eigenvalue weighted by Gasteiger charge is 2.09. The van der Waals surface area contributed by atoms with Crippen molar-refractivity contribution in [3.05, 3.63) is 59.9 Å². The molecule has 2 rings (SSSR count). The highest BCUT2D eigenvalue weighted by atomic mass is 19.1. The lowest BCUT2D eigenvalue weighted by molar-refractivity contribution is 0.467. The Morgan fingerprint density at radius 3 is 2.47 bits per heavy atom. The predicted molar refractivity (Wildman–Crippen MR) is 65.7 cm³/mol. The summed E-state index contributed by atoms with van der Waals surface area (Å²) >= 11 is 0. The molecule has 0 amide bonds. The van der Waals surface area contributed by atoms with E-state index in [0.717, 1.165) is 0 Å². The molecule has 0 radical (unpaired) electrons. The van der Waals surface area contributed by atoms with E-state index in [-0.39, 0.29) is 5.82 Å². The van der Waals surface area contributed by atoms with Crippen LogP contribution in [0, 0.1) is 5.82 Å². The first-order valence-corrected chi connectivity index (χ1v) is 5.51. The van der Waals surface area contributed by atoms with Gasteiger partial charge in [-0.1, -0.05) is 24.3 Å². The molecule has 0 aliphatic rings. The Bertz CT molecular complexity index is 485. The quantitative estimate of drug-likeness (QED) is 0.877. The van der Waals surface area contributed by atoms with Gasteiger partial charge in [-0.2, -0.15) is 0 Å². The first-order chi connectivity index (χ1) is 8.31. The Balaban J connectivity index is 2.29. The van der Waals surface area contributed by atoms with E-state index in [0.29, 0.717) is 30.0 Å². The van der Waals surface area contributed by atoms with E-state index in [1.54, 1.807) is 12.1 Å². The second-order valence-electron chi connectivity index (χ2n) is 3.67. The summed E-state index contributed by atoms with van der Waals surface area (Å²) in [4.78, 5) is 0. The van der Waals surface area contributed by atoms with Crippen molar-refractivity contribution in [2.24, 2.45) is 5.73 Å². The fourth-order valence-electron chi connectivity index (χ4n) is 1.64. The van der Waals surface area contributed by atoms with Crippen molar-refractivity contribution < 1.29 is 9.13 Å². The van der Waals surface area contributed by atoms with Crippen LogP contribution in [0.15, 0.2) is 48.5 Å². The molecule has 0 aromatic heterocycles. The van der Waals surface area contributed by atoms with Crippen LogP contribution in [-0.4, -0.2) is 6.54 Å². The summed E-state index contributed by atoms with van der Waals surface area (Å²) in [5, 5.41) is 0. The number of ether oxygens (including phenoxy) is 1. The van der Waals surface area contributed by atoms with Crippen molar-refractivity contribution in [3.8, 4) is 11.5 Å². The van der Waals surface area contributed by atoms with Gasteiger partial charge in [0.25, 0.3) is 0 Å². The highest BCUT2D eigenvalue weighted by molar-refractivity contribution is 5.38. The maximum absolute atomic E-state index is 13.6. The summed E-state index contributed by atoms with van der Waals surface area (Å²) in [6.07, 6.45) is 0.467. The van der Waals surface area contributed by atoms with Crippen molar-refractivity contribution >= 4 is 0 Å². The van der Waals surface area contributed by atoms with Crippen molar-refractivity contribution in [3.63, 3.8) is 0 Å². The number of para-hydroxylation sites is 1. The molecule has 0 atom stereocenters. The lowest BCUT2D eigenvalue weighted by Crippen LogP contribution is -2.06. The standard InChI is InChI=1S/C14H14FNO/c15-13-7-4-8-14(12(13)9-10-16)17-11-5-2-1-3-6-11/h1-8H,9-10,16H2. The predicted octanol–water partition coefficient (Wildman–Crippen LogP) is 3.12. The molecule has 2 N–H and O–H groups in total. The summed E-state index contributed by atoms with van der Waals surface area (Å²) < 4.78 is 19.3. The van der Waals surface area contributed by atoms with Gasteiger partial charge in [-0.3, -0.25) is 0 Å². The molecule has 2 aromatic rings. The normalized spacial score (nSPS) is 10.2. The maximum atomic E-state index is 13.6. The molecule has 0 aliphatic heterocycles. The number of hydrogen-bond acceptors (Lipinski definition) is 2. The van der Waals surface area contributed by atoms with E-state index >= 15 is 0 Å². The number of nitrogens with two attached hydrogens (primary N) is 1. The van der Waals surface area contributed by atoms with Crippen LogP contribution in [0.1, 0.15) is 5.56 Å². The van der Waals surface area contributed by atoms with Crippen LogP contribution in [0.5, 0.6) is 11.5 Å². The minimum Gasteiger partial charge on any atom is -0.457 e. The molecule has 0 heterocycles. The van der Waals surface area contributed by atoms with Gasteiger partial charge in [0.1, 0.15) is 17.3 Å². The zero-order valence-corrected chi connectivity index (χ0v) is 9.40. The third-order valence-electron chi connectivity index (χ3n) is 2.44. The summed E-state index contributed by atoms with van der Waals surface area (Å²) in [5.74, 6) is 0.946. The van der Waals surface area contributed by atoms with Crippen molar-refractivity contribution in [1.82, 2.24) is 0 Å². The van der Waals surface area contributed by atoms with Gasteiger partial charge < -0.3 is 10.5 Å². The van der Waals surface area contributed by atoms with Gasteiger partial charge in [-0.25, -0.2) is 4.39 Å². The second kappa shape index (κ2) is 5.46. The van der Waals surface area contributed by atoms with Crippen LogP contribution >= 0.6 is 0 Å². The topological polar surface area (TPSA) is 35.2 Å². The second-order valence-corrected chi connectivity index (χ2v) is 3.67. The van der Waals surface area contributed by atoms with Gasteiger partial charge in [0.05, 0.1) is 0 Å². The monoisotopic (exact) mass is 231 g/mol. The summed E-state index contributed by atoms with van der Waals surface area (Å²) in [6, 6.07) is 14.1. The van der Waals surface area contributed by atoms with E-state index in [2.05, 4.69) is 0 Å². The molecule has 2 nitrogen and oxygen atoms in total. The van der Waals surface area contributed by atoms with Crippen LogP contribution in [0.3, 0.4) is 0 Å². The van der Waals surface area contributed by atoms with Crippen molar-refractivity contribution in [2.45, 2.75) is 6.42 Å². The molecule has 0 aliphatic carbocycles. The lowest BCUT2D eigenvalue weighted by atomic mass is 10.1. The van der Waals surface area contributed by atoms with Gasteiger partial charge >= 0.3 is 0 Å². The molecule has 17 heavy (non-hydrogen) atoms. The molecular formula is C14H14FNO. The number of benzene rings is 2. The number of halogens is 1. The first-order valence-electron chi connectivity index (χ1n) is 5.51. The van der Waals surface area contributed by atoms with Crippen LogP contribution in [0.4, 0.5) is 4.39 Å². The molecule has 0 bridgehead atoms. The van der Waals surface area contributed by atoms with Crippen LogP contribution in [0.25, 0.3) is 0 Å². The minimum absolute atomic E-state index is 0.274. The Morgan fingerprint density at radius 2 is 1.76 bits per heavy atom. The third kappa shape index (κ3) is 2.82. The Labute approximate surface area is 99.8 Å². The third-order valence-corrected chi connectivity index (χ3v) is 2.44. The largest absolute Gasteiger partial charge is 0.457 e. The Hall–Kier alpha value is -1.87. The maximum Gasteiger partial charge on any atom is 0.133 e. The molecule has 0 fully saturated rings. The molecular weight excluding hydrogens is 217 g/mol. The molecule has 2 aromatic carbocycles. The Morgan fingerprint density at radius 1 is 1.00 bits per heavy atom. The molecule has 0 spiro atoms. The van der Waals surface area contributed by atoms with Crippen molar-refractivity contribution in [2.75, 3.05) is 6.54 Å². The molecule has 0 saturated carbocycles. The Kier molecular flexibility index (Phi) is 3.73. The zero-order chi connectivity index (χ0) is 12.1. The van der Waals surface area contributed by atoms with Gasteiger partial charge in [0.2, 0.25) is 0 Å². The van der Waals surface area contributed by atoms with E-state index < -0.39 is 0 Å². The first kappa shape index (κ1) is 11.6. The molecule has 3 heteroatoms. The average Bonchev–Trinajstić information content (AvgIpc) is 2.35.